The van der Waals surface area contributed by atoms with Crippen molar-refractivity contribution in [1.82, 2.24) is 9.55 Å². The highest BCUT2D eigenvalue weighted by atomic mass is 32.1. The van der Waals surface area contributed by atoms with Gasteiger partial charge in [-0.15, -0.1) is 11.3 Å². The van der Waals surface area contributed by atoms with Crippen molar-refractivity contribution in [3.63, 3.8) is 0 Å². The van der Waals surface area contributed by atoms with Gasteiger partial charge in [0.15, 0.2) is 0 Å². The second kappa shape index (κ2) is 4.73. The lowest BCUT2D eigenvalue weighted by atomic mass is 10.1. The Morgan fingerprint density at radius 2 is 2.22 bits per heavy atom. The van der Waals surface area contributed by atoms with E-state index < -0.39 is 11.5 Å². The molecule has 0 saturated heterocycles. The second-order valence-electron chi connectivity index (χ2n) is 3.97. The summed E-state index contributed by atoms with van der Waals surface area (Å²) in [5.41, 5.74) is 0.574. The number of carboxylic acid groups (broad SMARTS) is 1. The van der Waals surface area contributed by atoms with Crippen LogP contribution in [0, 0.1) is 13.8 Å². The van der Waals surface area contributed by atoms with E-state index in [1.54, 1.807) is 26.1 Å². The zero-order valence-electron chi connectivity index (χ0n) is 10.0. The van der Waals surface area contributed by atoms with E-state index in [1.807, 2.05) is 5.38 Å². The molecule has 0 aromatic carbocycles. The van der Waals surface area contributed by atoms with Gasteiger partial charge in [0.05, 0.1) is 6.54 Å². The van der Waals surface area contributed by atoms with Crippen LogP contribution in [-0.4, -0.2) is 20.6 Å². The minimum atomic E-state index is -1.19. The molecule has 18 heavy (non-hydrogen) atoms. The van der Waals surface area contributed by atoms with Crippen LogP contribution in [0.2, 0.25) is 0 Å². The van der Waals surface area contributed by atoms with Gasteiger partial charge in [-0.1, -0.05) is 0 Å². The number of nitrogens with zero attached hydrogens (tertiary/aromatic N) is 2. The highest BCUT2D eigenvalue weighted by Gasteiger charge is 2.16. The van der Waals surface area contributed by atoms with Crippen molar-refractivity contribution < 1.29 is 9.90 Å². The fourth-order valence-electron chi connectivity index (χ4n) is 1.85. The van der Waals surface area contributed by atoms with Crippen molar-refractivity contribution in [2.45, 2.75) is 20.4 Å². The predicted molar refractivity (Wildman–Crippen MR) is 68.4 cm³/mol. The molecule has 94 valence electrons. The molecule has 2 aromatic heterocycles. The summed E-state index contributed by atoms with van der Waals surface area (Å²) in [5.74, 6) is -1.19. The van der Waals surface area contributed by atoms with Gasteiger partial charge in [-0.05, 0) is 25.5 Å². The molecule has 0 bridgehead atoms. The Labute approximate surface area is 107 Å². The van der Waals surface area contributed by atoms with E-state index in [2.05, 4.69) is 4.98 Å². The van der Waals surface area contributed by atoms with Gasteiger partial charge >= 0.3 is 5.97 Å². The number of aromatic nitrogens is 2. The van der Waals surface area contributed by atoms with E-state index >= 15 is 0 Å². The van der Waals surface area contributed by atoms with Crippen LogP contribution in [-0.2, 0) is 6.54 Å². The number of rotatable bonds is 3. The number of carbonyl (C=O) groups is 1. The summed E-state index contributed by atoms with van der Waals surface area (Å²) in [6, 6.07) is 1.71. The van der Waals surface area contributed by atoms with Crippen LogP contribution in [0.15, 0.2) is 22.4 Å². The molecule has 0 amide bonds. The van der Waals surface area contributed by atoms with E-state index in [9.17, 15) is 9.59 Å². The lowest BCUT2D eigenvalue weighted by Crippen LogP contribution is -2.29. The van der Waals surface area contributed by atoms with Gasteiger partial charge in [0, 0.05) is 17.3 Å². The first-order chi connectivity index (χ1) is 8.50. The summed E-state index contributed by atoms with van der Waals surface area (Å²) >= 11 is 1.44. The van der Waals surface area contributed by atoms with Gasteiger partial charge in [-0.25, -0.2) is 9.78 Å². The molecule has 0 spiro atoms. The molecular weight excluding hydrogens is 252 g/mol. The van der Waals surface area contributed by atoms with Crippen LogP contribution in [0.1, 0.15) is 26.6 Å². The number of carboxylic acids is 1. The molecule has 0 saturated carbocycles. The summed E-state index contributed by atoms with van der Waals surface area (Å²) in [4.78, 5) is 27.3. The maximum absolute atomic E-state index is 12.1. The van der Waals surface area contributed by atoms with Crippen molar-refractivity contribution in [3.05, 3.63) is 49.8 Å². The third-order valence-corrected chi connectivity index (χ3v) is 3.46. The molecule has 1 N–H and O–H groups in total. The summed E-state index contributed by atoms with van der Waals surface area (Å²) in [5, 5.41) is 11.7. The Hall–Kier alpha value is -1.95. The van der Waals surface area contributed by atoms with Crippen LogP contribution >= 0.6 is 11.3 Å². The fraction of sp³-hybridized carbons (Fsp3) is 0.250. The van der Waals surface area contributed by atoms with Crippen molar-refractivity contribution >= 4 is 17.3 Å². The van der Waals surface area contributed by atoms with Gasteiger partial charge in [0.2, 0.25) is 0 Å². The molecule has 0 aliphatic heterocycles. The standard InChI is InChI=1S/C12H12N2O3S/c1-7-5-8(2)14(6-9-13-3-4-18-9)11(15)10(7)12(16)17/h3-5H,6H2,1-2H3,(H,16,17). The maximum Gasteiger partial charge on any atom is 0.341 e. The zero-order valence-corrected chi connectivity index (χ0v) is 10.8. The van der Waals surface area contributed by atoms with E-state index in [1.165, 1.54) is 15.9 Å². The van der Waals surface area contributed by atoms with E-state index in [-0.39, 0.29) is 5.56 Å². The predicted octanol–water partition coefficient (Wildman–Crippen LogP) is 1.67. The van der Waals surface area contributed by atoms with Crippen molar-refractivity contribution in [2.24, 2.45) is 0 Å². The quantitative estimate of drug-likeness (QED) is 0.915. The molecule has 0 unspecified atom stereocenters. The molecule has 0 aliphatic rings. The van der Waals surface area contributed by atoms with Crippen LogP contribution in [0.3, 0.4) is 0 Å². The van der Waals surface area contributed by atoms with Crippen LogP contribution < -0.4 is 5.56 Å². The lowest BCUT2D eigenvalue weighted by Gasteiger charge is -2.11. The molecule has 0 aliphatic carbocycles. The molecule has 2 heterocycles. The minimum absolute atomic E-state index is 0.169. The Morgan fingerprint density at radius 3 is 2.78 bits per heavy atom. The molecule has 6 heteroatoms. The molecule has 0 radical (unpaired) electrons. The first kappa shape index (κ1) is 12.5. The highest BCUT2D eigenvalue weighted by Crippen LogP contribution is 2.10. The van der Waals surface area contributed by atoms with E-state index in [4.69, 9.17) is 5.11 Å². The lowest BCUT2D eigenvalue weighted by molar-refractivity contribution is 0.0693. The third kappa shape index (κ3) is 2.19. The van der Waals surface area contributed by atoms with Crippen LogP contribution in [0.25, 0.3) is 0 Å². The molecular formula is C12H12N2O3S. The van der Waals surface area contributed by atoms with E-state index in [0.717, 1.165) is 10.7 Å². The van der Waals surface area contributed by atoms with Crippen molar-refractivity contribution in [3.8, 4) is 0 Å². The Balaban J connectivity index is 2.57. The summed E-state index contributed by atoms with van der Waals surface area (Å²) in [6.45, 7) is 3.72. The van der Waals surface area contributed by atoms with Crippen molar-refractivity contribution in [2.75, 3.05) is 0 Å². The van der Waals surface area contributed by atoms with Gasteiger partial charge in [-0.2, -0.15) is 0 Å². The molecule has 0 fully saturated rings. The first-order valence-electron chi connectivity index (χ1n) is 5.33. The summed E-state index contributed by atoms with van der Waals surface area (Å²) < 4.78 is 1.44. The first-order valence-corrected chi connectivity index (χ1v) is 6.21. The van der Waals surface area contributed by atoms with Crippen molar-refractivity contribution in [1.29, 1.82) is 0 Å². The summed E-state index contributed by atoms with van der Waals surface area (Å²) in [6.07, 6.45) is 1.66. The Morgan fingerprint density at radius 1 is 1.50 bits per heavy atom. The monoisotopic (exact) mass is 264 g/mol. The highest BCUT2D eigenvalue weighted by molar-refractivity contribution is 7.09. The normalized spacial score (nSPS) is 10.6. The number of aromatic carboxylic acids is 1. The minimum Gasteiger partial charge on any atom is -0.477 e. The average molecular weight is 264 g/mol. The molecule has 5 nitrogen and oxygen atoms in total. The van der Waals surface area contributed by atoms with Gasteiger partial charge in [0.25, 0.3) is 5.56 Å². The number of hydrogen-bond acceptors (Lipinski definition) is 4. The Bertz CT molecular complexity index is 644. The van der Waals surface area contributed by atoms with E-state index in [0.29, 0.717) is 12.1 Å². The number of hydrogen-bond donors (Lipinski definition) is 1. The van der Waals surface area contributed by atoms with Crippen LogP contribution in [0.4, 0.5) is 0 Å². The van der Waals surface area contributed by atoms with Gasteiger partial charge < -0.3 is 9.67 Å². The maximum atomic E-state index is 12.1. The molecule has 2 rings (SSSR count). The average Bonchev–Trinajstić information content (AvgIpc) is 2.75. The smallest absolute Gasteiger partial charge is 0.341 e. The topological polar surface area (TPSA) is 72.2 Å². The second-order valence-corrected chi connectivity index (χ2v) is 4.95. The van der Waals surface area contributed by atoms with Gasteiger partial charge in [-0.3, -0.25) is 4.79 Å². The van der Waals surface area contributed by atoms with Crippen LogP contribution in [0.5, 0.6) is 0 Å². The summed E-state index contributed by atoms with van der Waals surface area (Å²) in [7, 11) is 0. The molecule has 2 aromatic rings. The SMILES string of the molecule is Cc1cc(C)n(Cc2nccs2)c(=O)c1C(=O)O. The largest absolute Gasteiger partial charge is 0.477 e. The Kier molecular flexibility index (Phi) is 3.29. The number of thiazole rings is 1. The molecule has 0 atom stereocenters. The van der Waals surface area contributed by atoms with Gasteiger partial charge in [0.1, 0.15) is 10.6 Å². The zero-order chi connectivity index (χ0) is 13.3. The third-order valence-electron chi connectivity index (χ3n) is 2.70. The number of aryl methyl sites for hydroxylation is 2. The number of pyridine rings is 1. The fourth-order valence-corrected chi connectivity index (χ4v) is 2.45.